The van der Waals surface area contributed by atoms with Gasteiger partial charge in [0.05, 0.1) is 37.6 Å². The predicted molar refractivity (Wildman–Crippen MR) is 169 cm³/mol. The lowest BCUT2D eigenvalue weighted by molar-refractivity contribution is -0.143. The van der Waals surface area contributed by atoms with Crippen LogP contribution < -0.4 is 0 Å². The van der Waals surface area contributed by atoms with Crippen molar-refractivity contribution in [3.8, 4) is 0 Å². The second-order valence-corrected chi connectivity index (χ2v) is 12.3. The van der Waals surface area contributed by atoms with Gasteiger partial charge in [0.1, 0.15) is 0 Å². The molecule has 0 spiro atoms. The van der Waals surface area contributed by atoms with Crippen molar-refractivity contribution in [3.63, 3.8) is 0 Å². The second kappa shape index (κ2) is 16.3. The minimum atomic E-state index is -5.04. The fourth-order valence-electron chi connectivity index (χ4n) is 5.79. The first-order valence-corrected chi connectivity index (χ1v) is 14.8. The molecule has 260 valence electrons. The number of halogens is 8. The molecule has 4 rings (SSSR count). The average Bonchev–Trinajstić information content (AvgIpc) is 2.94. The number of amides is 1. The van der Waals surface area contributed by atoms with E-state index in [1.54, 1.807) is 0 Å². The number of morpholine rings is 1. The van der Waals surface area contributed by atoms with E-state index in [1.165, 1.54) is 4.90 Å². The van der Waals surface area contributed by atoms with Crippen LogP contribution in [0.4, 0.5) is 26.3 Å². The highest BCUT2D eigenvalue weighted by atomic mass is 35.5. The Morgan fingerprint density at radius 1 is 0.891 bits per heavy atom. The van der Waals surface area contributed by atoms with Gasteiger partial charge in [-0.05, 0) is 69.0 Å². The minimum Gasteiger partial charge on any atom is -0.379 e. The van der Waals surface area contributed by atoms with Gasteiger partial charge >= 0.3 is 12.4 Å². The molecule has 1 atom stereocenters. The van der Waals surface area contributed by atoms with E-state index >= 15 is 0 Å². The standard InChI is InChI=1S/C32H41F6N3O3.2ClH/c1-22-5-6-24(15-23(22)2)16-28-20-39(9-12-43-13-10-40-11-14-44-21-30(40,3)4)7-8-41(28)29(42)25-17-26(31(33,34)35)19-27(18-25)32(36,37)38;;/h5-6,15,17-19,28H,7-14,16,20-21H2,1-4H3;2*1H/t28-;;/m1../s1. The molecule has 46 heavy (non-hydrogen) atoms. The molecular formula is C32H43Cl2F6N3O3. The van der Waals surface area contributed by atoms with Crippen LogP contribution in [0, 0.1) is 13.8 Å². The molecule has 2 aliphatic heterocycles. The lowest BCUT2D eigenvalue weighted by Crippen LogP contribution is -2.56. The van der Waals surface area contributed by atoms with Crippen molar-refractivity contribution < 1.29 is 40.6 Å². The third-order valence-electron chi connectivity index (χ3n) is 8.58. The topological polar surface area (TPSA) is 45.2 Å². The maximum atomic E-state index is 13.6. The Morgan fingerprint density at radius 3 is 2.11 bits per heavy atom. The number of hydrogen-bond donors (Lipinski definition) is 0. The summed E-state index contributed by atoms with van der Waals surface area (Å²) in [5.74, 6) is -0.848. The van der Waals surface area contributed by atoms with Gasteiger partial charge in [0.25, 0.3) is 5.91 Å². The van der Waals surface area contributed by atoms with Crippen molar-refractivity contribution in [2.75, 3.05) is 65.7 Å². The lowest BCUT2D eigenvalue weighted by atomic mass is 9.97. The van der Waals surface area contributed by atoms with Crippen LogP contribution in [-0.4, -0.2) is 97.9 Å². The van der Waals surface area contributed by atoms with Gasteiger partial charge in [0.15, 0.2) is 0 Å². The number of nitrogens with zero attached hydrogens (tertiary/aromatic N) is 3. The summed E-state index contributed by atoms with van der Waals surface area (Å²) >= 11 is 0. The first-order chi connectivity index (χ1) is 20.5. The van der Waals surface area contributed by atoms with E-state index in [2.05, 4.69) is 23.6 Å². The van der Waals surface area contributed by atoms with E-state index in [0.717, 1.165) is 29.8 Å². The van der Waals surface area contributed by atoms with Gasteiger partial charge in [-0.1, -0.05) is 18.2 Å². The van der Waals surface area contributed by atoms with Gasteiger partial charge in [-0.15, -0.1) is 24.8 Å². The van der Waals surface area contributed by atoms with Gasteiger partial charge in [0, 0.05) is 56.4 Å². The normalized spacial score (nSPS) is 19.3. The Bertz CT molecular complexity index is 1280. The summed E-state index contributed by atoms with van der Waals surface area (Å²) in [4.78, 5) is 19.5. The summed E-state index contributed by atoms with van der Waals surface area (Å²) in [5.41, 5.74) is -0.616. The van der Waals surface area contributed by atoms with Crippen LogP contribution in [0.5, 0.6) is 0 Å². The molecule has 1 amide bonds. The summed E-state index contributed by atoms with van der Waals surface area (Å²) in [6.45, 7) is 13.7. The zero-order valence-corrected chi connectivity index (χ0v) is 28.1. The van der Waals surface area contributed by atoms with Gasteiger partial charge in [-0.3, -0.25) is 14.6 Å². The highest BCUT2D eigenvalue weighted by molar-refractivity contribution is 5.95. The smallest absolute Gasteiger partial charge is 0.379 e. The van der Waals surface area contributed by atoms with Crippen LogP contribution in [0.2, 0.25) is 0 Å². The van der Waals surface area contributed by atoms with Gasteiger partial charge < -0.3 is 14.4 Å². The van der Waals surface area contributed by atoms with Crippen molar-refractivity contribution in [2.45, 2.75) is 58.0 Å². The predicted octanol–water partition coefficient (Wildman–Crippen LogP) is 6.68. The summed E-state index contributed by atoms with van der Waals surface area (Å²) in [6.07, 6.45) is -9.67. The third-order valence-corrected chi connectivity index (χ3v) is 8.58. The quantitative estimate of drug-likeness (QED) is 0.216. The number of rotatable bonds is 9. The molecule has 0 saturated carbocycles. The van der Waals surface area contributed by atoms with Crippen LogP contribution in [-0.2, 0) is 28.2 Å². The van der Waals surface area contributed by atoms with Crippen LogP contribution in [0.15, 0.2) is 36.4 Å². The third kappa shape index (κ3) is 10.5. The average molecular weight is 703 g/mol. The molecule has 2 fully saturated rings. The van der Waals surface area contributed by atoms with Gasteiger partial charge in [-0.25, -0.2) is 0 Å². The maximum absolute atomic E-state index is 13.6. The molecule has 6 nitrogen and oxygen atoms in total. The van der Waals surface area contributed by atoms with Crippen molar-refractivity contribution >= 4 is 30.7 Å². The fraction of sp³-hybridized carbons (Fsp3) is 0.594. The van der Waals surface area contributed by atoms with Gasteiger partial charge in [0.2, 0.25) is 0 Å². The molecular weight excluding hydrogens is 659 g/mol. The molecule has 0 aliphatic carbocycles. The number of aryl methyl sites for hydroxylation is 2. The zero-order valence-electron chi connectivity index (χ0n) is 26.5. The van der Waals surface area contributed by atoms with E-state index in [9.17, 15) is 31.1 Å². The van der Waals surface area contributed by atoms with Crippen LogP contribution in [0.3, 0.4) is 0 Å². The van der Waals surface area contributed by atoms with Crippen LogP contribution >= 0.6 is 24.8 Å². The van der Waals surface area contributed by atoms with Crippen LogP contribution in [0.1, 0.15) is 52.0 Å². The van der Waals surface area contributed by atoms with Crippen molar-refractivity contribution in [1.29, 1.82) is 0 Å². The lowest BCUT2D eigenvalue weighted by Gasteiger charge is -2.42. The summed E-state index contributed by atoms with van der Waals surface area (Å²) in [6, 6.07) is 6.51. The largest absolute Gasteiger partial charge is 0.416 e. The van der Waals surface area contributed by atoms with E-state index < -0.39 is 41.0 Å². The minimum absolute atomic E-state index is 0. The molecule has 0 radical (unpaired) electrons. The Labute approximate surface area is 279 Å². The number of piperazine rings is 1. The first-order valence-electron chi connectivity index (χ1n) is 14.8. The number of hydrogen-bond acceptors (Lipinski definition) is 5. The number of ether oxygens (including phenoxy) is 2. The van der Waals surface area contributed by atoms with Crippen LogP contribution in [0.25, 0.3) is 0 Å². The molecule has 2 aromatic rings. The molecule has 0 N–H and O–H groups in total. The number of carbonyl (C=O) groups excluding carboxylic acids is 1. The van der Waals surface area contributed by atoms with E-state index in [4.69, 9.17) is 9.47 Å². The van der Waals surface area contributed by atoms with E-state index in [0.29, 0.717) is 64.6 Å². The molecule has 14 heteroatoms. The summed E-state index contributed by atoms with van der Waals surface area (Å²) in [7, 11) is 0. The molecule has 2 aliphatic rings. The fourth-order valence-corrected chi connectivity index (χ4v) is 5.79. The number of alkyl halides is 6. The summed E-state index contributed by atoms with van der Waals surface area (Å²) < 4.78 is 92.6. The Morgan fingerprint density at radius 2 is 1.52 bits per heavy atom. The molecule has 2 saturated heterocycles. The van der Waals surface area contributed by atoms with Crippen molar-refractivity contribution in [1.82, 2.24) is 14.7 Å². The Balaban J connectivity index is 0.00000368. The molecule has 0 unspecified atom stereocenters. The van der Waals surface area contributed by atoms with Crippen molar-refractivity contribution in [3.05, 3.63) is 69.8 Å². The maximum Gasteiger partial charge on any atom is 0.416 e. The highest BCUT2D eigenvalue weighted by Gasteiger charge is 2.39. The summed E-state index contributed by atoms with van der Waals surface area (Å²) in [5, 5.41) is 0. The zero-order chi connectivity index (χ0) is 32.3. The second-order valence-electron chi connectivity index (χ2n) is 12.3. The SMILES string of the molecule is Cc1ccc(C[C@@H]2CN(CCOCCN3CCOCC3(C)C)CCN2C(=O)c2cc(C(F)(F)F)cc(C(F)(F)F)c2)cc1C.Cl.Cl. The molecule has 2 aromatic carbocycles. The Hall–Kier alpha value is -2.09. The highest BCUT2D eigenvalue weighted by Crippen LogP contribution is 2.37. The van der Waals surface area contributed by atoms with E-state index in [-0.39, 0.29) is 43.0 Å². The monoisotopic (exact) mass is 701 g/mol. The van der Waals surface area contributed by atoms with Gasteiger partial charge in [-0.2, -0.15) is 26.3 Å². The Kier molecular flexibility index (Phi) is 14.2. The molecule has 0 bridgehead atoms. The van der Waals surface area contributed by atoms with Crippen molar-refractivity contribution in [2.24, 2.45) is 0 Å². The number of carbonyl (C=O) groups is 1. The molecule has 2 heterocycles. The number of benzene rings is 2. The molecule has 0 aromatic heterocycles. The first kappa shape index (κ1) is 40.1. The van der Waals surface area contributed by atoms with E-state index in [1.807, 2.05) is 32.0 Å².